The molecule has 0 radical (unpaired) electrons. The molecule has 0 N–H and O–H groups in total. The van der Waals surface area contributed by atoms with Gasteiger partial charge in [-0.3, -0.25) is 9.29 Å². The highest BCUT2D eigenvalue weighted by atomic mass is 35.5. The number of aromatic nitrogens is 2. The molecule has 4 rings (SSSR count). The highest BCUT2D eigenvalue weighted by Crippen LogP contribution is 2.31. The molecule has 0 aliphatic carbocycles. The topological polar surface area (TPSA) is 55.2 Å². The molecule has 0 bridgehead atoms. The van der Waals surface area contributed by atoms with Crippen LogP contribution in [0.15, 0.2) is 84.4 Å². The number of hydrogen-bond donors (Lipinski definition) is 0. The van der Waals surface area contributed by atoms with Gasteiger partial charge in [-0.05, 0) is 61.9 Å². The minimum atomic E-state index is -3.92. The fourth-order valence-corrected chi connectivity index (χ4v) is 5.36. The van der Waals surface area contributed by atoms with Gasteiger partial charge in [0.1, 0.15) is 5.82 Å². The number of anilines is 1. The maximum absolute atomic E-state index is 13.6. The fourth-order valence-electron chi connectivity index (χ4n) is 3.92. The smallest absolute Gasteiger partial charge is 0.264 e. The number of halogens is 2. The van der Waals surface area contributed by atoms with Crippen molar-refractivity contribution in [1.82, 2.24) is 9.55 Å². The van der Waals surface area contributed by atoms with Crippen LogP contribution in [-0.2, 0) is 23.1 Å². The number of fused-ring (bicyclic) bond motifs is 1. The SMILES string of the molecule is C=CCn1c(C)c(C)c2ccnc(CN(c3ccc(F)cc3)S(=O)(=O)c3ccccc3)c21.Cl. The summed E-state index contributed by atoms with van der Waals surface area (Å²) in [5.74, 6) is -0.433. The highest BCUT2D eigenvalue weighted by molar-refractivity contribution is 7.92. The summed E-state index contributed by atoms with van der Waals surface area (Å²) in [6.07, 6.45) is 3.50. The quantitative estimate of drug-likeness (QED) is 0.311. The number of nitrogens with zero attached hydrogens (tertiary/aromatic N) is 3. The van der Waals surface area contributed by atoms with Gasteiger partial charge in [0, 0.05) is 23.8 Å². The molecule has 0 spiro atoms. The van der Waals surface area contributed by atoms with Gasteiger partial charge < -0.3 is 4.57 Å². The van der Waals surface area contributed by atoms with Crippen LogP contribution in [0.3, 0.4) is 0 Å². The lowest BCUT2D eigenvalue weighted by atomic mass is 10.1. The number of sulfonamides is 1. The molecule has 2 aromatic carbocycles. The molecular formula is C25H25ClFN3O2S. The van der Waals surface area contributed by atoms with Crippen molar-refractivity contribution in [3.8, 4) is 0 Å². The van der Waals surface area contributed by atoms with E-state index >= 15 is 0 Å². The van der Waals surface area contributed by atoms with Crippen LogP contribution in [0.4, 0.5) is 10.1 Å². The third-order valence-corrected chi connectivity index (χ3v) is 7.46. The van der Waals surface area contributed by atoms with Gasteiger partial charge in [-0.15, -0.1) is 19.0 Å². The summed E-state index contributed by atoms with van der Waals surface area (Å²) in [6.45, 7) is 8.51. The van der Waals surface area contributed by atoms with Gasteiger partial charge in [-0.1, -0.05) is 24.3 Å². The standard InChI is InChI=1S/C25H24FN3O2S.ClH/c1-4-16-28-19(3)18(2)23-14-15-27-24(25(23)28)17-29(21-12-10-20(26)11-13-21)32(30,31)22-8-6-5-7-9-22;/h4-15H,1,16-17H2,2-3H3;1H. The van der Waals surface area contributed by atoms with E-state index in [1.165, 1.54) is 28.6 Å². The Labute approximate surface area is 199 Å². The van der Waals surface area contributed by atoms with Crippen molar-refractivity contribution in [2.45, 2.75) is 31.8 Å². The second-order valence-corrected chi connectivity index (χ2v) is 9.43. The van der Waals surface area contributed by atoms with E-state index in [2.05, 4.69) is 16.1 Å². The molecule has 0 fully saturated rings. The molecule has 4 aromatic rings. The van der Waals surface area contributed by atoms with Gasteiger partial charge >= 0.3 is 0 Å². The number of hydrogen-bond acceptors (Lipinski definition) is 3. The number of rotatable bonds is 7. The van der Waals surface area contributed by atoms with Gasteiger partial charge in [-0.2, -0.15) is 0 Å². The Bertz CT molecular complexity index is 1380. The Morgan fingerprint density at radius 2 is 1.73 bits per heavy atom. The highest BCUT2D eigenvalue weighted by Gasteiger charge is 2.27. The molecule has 5 nitrogen and oxygen atoms in total. The van der Waals surface area contributed by atoms with Crippen LogP contribution < -0.4 is 4.31 Å². The van der Waals surface area contributed by atoms with Crippen molar-refractivity contribution in [3.63, 3.8) is 0 Å². The molecule has 0 saturated carbocycles. The minimum Gasteiger partial charge on any atom is -0.339 e. The van der Waals surface area contributed by atoms with Crippen LogP contribution >= 0.6 is 12.4 Å². The third kappa shape index (κ3) is 4.51. The van der Waals surface area contributed by atoms with Gasteiger partial charge in [0.15, 0.2) is 0 Å². The van der Waals surface area contributed by atoms with E-state index in [4.69, 9.17) is 0 Å². The molecule has 8 heteroatoms. The Kier molecular flexibility index (Phi) is 7.25. The van der Waals surface area contributed by atoms with Crippen LogP contribution in [0.25, 0.3) is 10.9 Å². The zero-order valence-electron chi connectivity index (χ0n) is 18.4. The molecule has 2 heterocycles. The molecule has 0 saturated heterocycles. The summed E-state index contributed by atoms with van der Waals surface area (Å²) in [4.78, 5) is 4.72. The van der Waals surface area contributed by atoms with Gasteiger partial charge in [0.2, 0.25) is 0 Å². The Hall–Kier alpha value is -3.16. The third-order valence-electron chi connectivity index (χ3n) is 5.67. The monoisotopic (exact) mass is 485 g/mol. The first-order valence-electron chi connectivity index (χ1n) is 10.2. The number of allylic oxidation sites excluding steroid dienone is 1. The average molecular weight is 486 g/mol. The van der Waals surface area contributed by atoms with Crippen molar-refractivity contribution < 1.29 is 12.8 Å². The predicted molar refractivity (Wildman–Crippen MR) is 133 cm³/mol. The molecule has 33 heavy (non-hydrogen) atoms. The molecule has 0 unspecified atom stereocenters. The second kappa shape index (κ2) is 9.77. The van der Waals surface area contributed by atoms with Crippen LogP contribution in [0.5, 0.6) is 0 Å². The number of pyridine rings is 1. The normalized spacial score (nSPS) is 11.2. The van der Waals surface area contributed by atoms with E-state index < -0.39 is 15.8 Å². The minimum absolute atomic E-state index is 0. The summed E-state index contributed by atoms with van der Waals surface area (Å²) in [7, 11) is -3.92. The molecule has 0 atom stereocenters. The zero-order valence-corrected chi connectivity index (χ0v) is 20.0. The van der Waals surface area contributed by atoms with E-state index in [1.54, 1.807) is 42.6 Å². The Morgan fingerprint density at radius 3 is 2.36 bits per heavy atom. The van der Waals surface area contributed by atoms with Crippen molar-refractivity contribution in [2.75, 3.05) is 4.31 Å². The average Bonchev–Trinajstić information content (AvgIpc) is 3.04. The lowest BCUT2D eigenvalue weighted by Crippen LogP contribution is -2.31. The zero-order chi connectivity index (χ0) is 22.9. The first kappa shape index (κ1) is 24.5. The van der Waals surface area contributed by atoms with E-state index in [0.29, 0.717) is 17.9 Å². The van der Waals surface area contributed by atoms with Gasteiger partial charge in [-0.25, -0.2) is 12.8 Å². The molecule has 0 aliphatic heterocycles. The Morgan fingerprint density at radius 1 is 1.06 bits per heavy atom. The molecular weight excluding hydrogens is 461 g/mol. The predicted octanol–water partition coefficient (Wildman–Crippen LogP) is 5.80. The number of aryl methyl sites for hydroxylation is 1. The van der Waals surface area contributed by atoms with Crippen LogP contribution in [0, 0.1) is 19.7 Å². The summed E-state index contributed by atoms with van der Waals surface area (Å²) in [6, 6.07) is 15.6. The van der Waals surface area contributed by atoms with Crippen molar-refractivity contribution >= 4 is 39.0 Å². The number of benzene rings is 2. The van der Waals surface area contributed by atoms with Crippen LogP contribution in [0.2, 0.25) is 0 Å². The van der Waals surface area contributed by atoms with Crippen LogP contribution in [-0.4, -0.2) is 18.0 Å². The summed E-state index contributed by atoms with van der Waals surface area (Å²) in [5, 5.41) is 1.02. The molecule has 0 aliphatic rings. The van der Waals surface area contributed by atoms with Gasteiger partial charge in [0.05, 0.1) is 28.3 Å². The van der Waals surface area contributed by atoms with E-state index in [-0.39, 0.29) is 23.8 Å². The molecule has 0 amide bonds. The van der Waals surface area contributed by atoms with Crippen molar-refractivity contribution in [2.24, 2.45) is 0 Å². The lowest BCUT2D eigenvalue weighted by molar-refractivity contribution is 0.589. The van der Waals surface area contributed by atoms with Crippen LogP contribution in [0.1, 0.15) is 17.0 Å². The lowest BCUT2D eigenvalue weighted by Gasteiger charge is -2.25. The molecule has 172 valence electrons. The second-order valence-electron chi connectivity index (χ2n) is 7.56. The van der Waals surface area contributed by atoms with Gasteiger partial charge in [0.25, 0.3) is 10.0 Å². The van der Waals surface area contributed by atoms with E-state index in [0.717, 1.165) is 22.2 Å². The van der Waals surface area contributed by atoms with Crippen molar-refractivity contribution in [3.05, 3.63) is 102 Å². The van der Waals surface area contributed by atoms with E-state index in [1.807, 2.05) is 19.9 Å². The summed E-state index contributed by atoms with van der Waals surface area (Å²) >= 11 is 0. The van der Waals surface area contributed by atoms with E-state index in [9.17, 15) is 12.8 Å². The first-order chi connectivity index (χ1) is 15.3. The summed E-state index contributed by atoms with van der Waals surface area (Å²) in [5.41, 5.74) is 4.05. The summed E-state index contributed by atoms with van der Waals surface area (Å²) < 4.78 is 44.2. The maximum atomic E-state index is 13.6. The fraction of sp³-hybridized carbons (Fsp3) is 0.160. The Balaban J connectivity index is 0.00000306. The first-order valence-corrected chi connectivity index (χ1v) is 11.7. The largest absolute Gasteiger partial charge is 0.339 e. The van der Waals surface area contributed by atoms with Crippen molar-refractivity contribution in [1.29, 1.82) is 0 Å². The molecule has 2 aromatic heterocycles. The maximum Gasteiger partial charge on any atom is 0.264 e.